The van der Waals surface area contributed by atoms with Crippen LogP contribution in [0.5, 0.6) is 5.75 Å². The largest absolute Gasteiger partial charge is 0.434 e. The zero-order valence-corrected chi connectivity index (χ0v) is 13.6. The Morgan fingerprint density at radius 3 is 2.83 bits per heavy atom. The molecule has 1 heterocycles. The van der Waals surface area contributed by atoms with E-state index in [1.807, 2.05) is 6.92 Å². The van der Waals surface area contributed by atoms with Gasteiger partial charge < -0.3 is 20.1 Å². The molecule has 1 aliphatic heterocycles. The van der Waals surface area contributed by atoms with Crippen LogP contribution in [0.15, 0.2) is 24.3 Å². The van der Waals surface area contributed by atoms with Crippen molar-refractivity contribution in [2.24, 2.45) is 0 Å². The molecule has 0 aliphatic carbocycles. The van der Waals surface area contributed by atoms with E-state index in [1.54, 1.807) is 18.2 Å². The molecular weight excluding hydrogens is 330 g/mol. The van der Waals surface area contributed by atoms with Crippen molar-refractivity contribution in [1.29, 1.82) is 0 Å². The summed E-state index contributed by atoms with van der Waals surface area (Å²) >= 11 is 0. The Morgan fingerprint density at radius 1 is 1.48 bits per heavy atom. The Hall–Kier alpha value is -1.44. The van der Waals surface area contributed by atoms with Crippen LogP contribution in [-0.4, -0.2) is 38.3 Å². The normalized spacial score (nSPS) is 18.9. The van der Waals surface area contributed by atoms with Gasteiger partial charge in [-0.3, -0.25) is 4.79 Å². The van der Waals surface area contributed by atoms with Crippen LogP contribution >= 0.6 is 12.4 Å². The second-order valence-corrected chi connectivity index (χ2v) is 4.95. The average molecular weight is 351 g/mol. The Labute approximate surface area is 140 Å². The van der Waals surface area contributed by atoms with Gasteiger partial charge in [0.1, 0.15) is 11.9 Å². The minimum absolute atomic E-state index is 0. The number of halogens is 3. The summed E-state index contributed by atoms with van der Waals surface area (Å²) in [7, 11) is 0. The van der Waals surface area contributed by atoms with Gasteiger partial charge in [0, 0.05) is 18.7 Å². The first-order chi connectivity index (χ1) is 10.6. The van der Waals surface area contributed by atoms with Gasteiger partial charge in [0.25, 0.3) is 5.91 Å². The summed E-state index contributed by atoms with van der Waals surface area (Å²) < 4.78 is 34.9. The fraction of sp³-hybridized carbons (Fsp3) is 0.533. The molecule has 1 fully saturated rings. The van der Waals surface area contributed by atoms with Gasteiger partial charge in [-0.2, -0.15) is 8.78 Å². The van der Waals surface area contributed by atoms with Crippen molar-refractivity contribution in [3.8, 4) is 5.75 Å². The summed E-state index contributed by atoms with van der Waals surface area (Å²) in [5.74, 6) is -0.182. The van der Waals surface area contributed by atoms with Crippen LogP contribution < -0.4 is 15.4 Å². The van der Waals surface area contributed by atoms with Crippen molar-refractivity contribution in [3.05, 3.63) is 29.8 Å². The molecule has 0 aromatic heterocycles. The fourth-order valence-corrected chi connectivity index (χ4v) is 2.37. The third-order valence-corrected chi connectivity index (χ3v) is 3.46. The van der Waals surface area contributed by atoms with Crippen LogP contribution in [0.2, 0.25) is 0 Å². The number of morpholine rings is 1. The number of rotatable bonds is 6. The predicted molar refractivity (Wildman–Crippen MR) is 84.1 cm³/mol. The number of carbonyl (C=O) groups is 1. The number of benzene rings is 1. The monoisotopic (exact) mass is 350 g/mol. The summed E-state index contributed by atoms with van der Waals surface area (Å²) in [6.07, 6.45) is -0.0128. The van der Waals surface area contributed by atoms with Crippen molar-refractivity contribution in [3.63, 3.8) is 0 Å². The number of para-hydroxylation sites is 1. The molecule has 1 amide bonds. The van der Waals surface area contributed by atoms with Crippen molar-refractivity contribution in [1.82, 2.24) is 10.6 Å². The first-order valence-corrected chi connectivity index (χ1v) is 7.28. The maximum atomic E-state index is 12.5. The standard InChI is InChI=1S/C15H20F2N2O3.ClH/c1-2-11(19-14(20)13-9-18-7-8-21-13)10-5-3-4-6-12(10)22-15(16)17;/h3-6,11,13,15,18H,2,7-9H2,1H3,(H,19,20);1H. The van der Waals surface area contributed by atoms with E-state index in [4.69, 9.17) is 4.74 Å². The van der Waals surface area contributed by atoms with Gasteiger partial charge in [-0.15, -0.1) is 12.4 Å². The summed E-state index contributed by atoms with van der Waals surface area (Å²) in [5.41, 5.74) is 0.530. The number of ether oxygens (including phenoxy) is 2. The lowest BCUT2D eigenvalue weighted by Crippen LogP contribution is -2.48. The third kappa shape index (κ3) is 5.60. The van der Waals surface area contributed by atoms with E-state index in [0.717, 1.165) is 0 Å². The summed E-state index contributed by atoms with van der Waals surface area (Å²) in [4.78, 5) is 12.2. The SMILES string of the molecule is CCC(NC(=O)C1CNCCO1)c1ccccc1OC(F)F.Cl. The van der Waals surface area contributed by atoms with Gasteiger partial charge in [-0.25, -0.2) is 0 Å². The lowest BCUT2D eigenvalue weighted by molar-refractivity contribution is -0.135. The molecule has 1 aromatic carbocycles. The highest BCUT2D eigenvalue weighted by Gasteiger charge is 2.25. The Kier molecular flexibility index (Phi) is 8.22. The van der Waals surface area contributed by atoms with Gasteiger partial charge in [0.2, 0.25) is 0 Å². The van der Waals surface area contributed by atoms with Gasteiger partial charge in [0.15, 0.2) is 0 Å². The third-order valence-electron chi connectivity index (χ3n) is 3.46. The van der Waals surface area contributed by atoms with Crippen LogP contribution in [0.3, 0.4) is 0 Å². The Balaban J connectivity index is 0.00000264. The molecule has 0 radical (unpaired) electrons. The van der Waals surface area contributed by atoms with Crippen LogP contribution in [0.4, 0.5) is 8.78 Å². The number of hydrogen-bond acceptors (Lipinski definition) is 4. The molecule has 2 rings (SSSR count). The quantitative estimate of drug-likeness (QED) is 0.826. The van der Waals surface area contributed by atoms with E-state index < -0.39 is 18.8 Å². The smallest absolute Gasteiger partial charge is 0.387 e. The van der Waals surface area contributed by atoms with E-state index >= 15 is 0 Å². The maximum absolute atomic E-state index is 12.5. The average Bonchev–Trinajstić information content (AvgIpc) is 2.53. The summed E-state index contributed by atoms with van der Waals surface area (Å²) in [6.45, 7) is 0.591. The molecule has 0 bridgehead atoms. The molecule has 1 aromatic rings. The van der Waals surface area contributed by atoms with E-state index in [0.29, 0.717) is 31.7 Å². The molecule has 2 unspecified atom stereocenters. The Morgan fingerprint density at radius 2 is 2.22 bits per heavy atom. The summed E-state index contributed by atoms with van der Waals surface area (Å²) in [6, 6.07) is 6.07. The topological polar surface area (TPSA) is 59.6 Å². The molecule has 0 saturated carbocycles. The minimum Gasteiger partial charge on any atom is -0.434 e. The van der Waals surface area contributed by atoms with Gasteiger partial charge in [-0.1, -0.05) is 25.1 Å². The van der Waals surface area contributed by atoms with Gasteiger partial charge in [-0.05, 0) is 12.5 Å². The van der Waals surface area contributed by atoms with Gasteiger partial charge in [0.05, 0.1) is 12.6 Å². The van der Waals surface area contributed by atoms with Crippen LogP contribution in [0, 0.1) is 0 Å². The lowest BCUT2D eigenvalue weighted by Gasteiger charge is -2.26. The van der Waals surface area contributed by atoms with E-state index in [-0.39, 0.29) is 24.1 Å². The second-order valence-electron chi connectivity index (χ2n) is 4.95. The van der Waals surface area contributed by atoms with Crippen molar-refractivity contribution >= 4 is 18.3 Å². The van der Waals surface area contributed by atoms with E-state index in [1.165, 1.54) is 6.07 Å². The second kappa shape index (κ2) is 9.64. The van der Waals surface area contributed by atoms with Crippen molar-refractivity contribution < 1.29 is 23.0 Å². The van der Waals surface area contributed by atoms with Crippen molar-refractivity contribution in [2.75, 3.05) is 19.7 Å². The molecule has 5 nitrogen and oxygen atoms in total. The zero-order chi connectivity index (χ0) is 15.9. The van der Waals surface area contributed by atoms with Crippen LogP contribution in [0.1, 0.15) is 24.9 Å². The first-order valence-electron chi connectivity index (χ1n) is 7.28. The molecule has 1 aliphatic rings. The first kappa shape index (κ1) is 19.6. The van der Waals surface area contributed by atoms with Crippen molar-refractivity contribution in [2.45, 2.75) is 32.1 Å². The fourth-order valence-electron chi connectivity index (χ4n) is 2.37. The van der Waals surface area contributed by atoms with Crippen LogP contribution in [0.25, 0.3) is 0 Å². The molecule has 2 atom stereocenters. The Bertz CT molecular complexity index is 499. The molecule has 23 heavy (non-hydrogen) atoms. The molecular formula is C15H21ClF2N2O3. The number of alkyl halides is 2. The molecule has 2 N–H and O–H groups in total. The number of amides is 1. The van der Waals surface area contributed by atoms with E-state index in [9.17, 15) is 13.6 Å². The highest BCUT2D eigenvalue weighted by Crippen LogP contribution is 2.28. The molecule has 130 valence electrons. The summed E-state index contributed by atoms with van der Waals surface area (Å²) in [5, 5.41) is 5.91. The number of carbonyl (C=O) groups excluding carboxylic acids is 1. The molecule has 0 spiro atoms. The van der Waals surface area contributed by atoms with E-state index in [2.05, 4.69) is 15.4 Å². The molecule has 8 heteroatoms. The minimum atomic E-state index is -2.90. The number of nitrogens with one attached hydrogen (secondary N) is 2. The molecule has 1 saturated heterocycles. The van der Waals surface area contributed by atoms with Gasteiger partial charge >= 0.3 is 6.61 Å². The number of hydrogen-bond donors (Lipinski definition) is 2. The van der Waals surface area contributed by atoms with Crippen LogP contribution in [-0.2, 0) is 9.53 Å². The lowest BCUT2D eigenvalue weighted by atomic mass is 10.0. The highest BCUT2D eigenvalue weighted by molar-refractivity contribution is 5.85. The highest BCUT2D eigenvalue weighted by atomic mass is 35.5. The maximum Gasteiger partial charge on any atom is 0.387 e. The predicted octanol–water partition coefficient (Wildman–Crippen LogP) is 2.27. The zero-order valence-electron chi connectivity index (χ0n) is 12.8.